The number of ether oxygens (including phenoxy) is 1. The van der Waals surface area contributed by atoms with Crippen molar-refractivity contribution in [3.8, 4) is 5.75 Å². The number of carboxylic acids is 1. The lowest BCUT2D eigenvalue weighted by Gasteiger charge is -2.37. The van der Waals surface area contributed by atoms with Crippen LogP contribution in [0.15, 0.2) is 48.5 Å². The van der Waals surface area contributed by atoms with Gasteiger partial charge in [-0.2, -0.15) is 0 Å². The molecule has 3 rings (SSSR count). The minimum atomic E-state index is -1.14. The van der Waals surface area contributed by atoms with Crippen LogP contribution in [0.4, 0.5) is 0 Å². The number of carboxylic acid groups (broad SMARTS) is 1. The van der Waals surface area contributed by atoms with Crippen LogP contribution in [0.3, 0.4) is 0 Å². The summed E-state index contributed by atoms with van der Waals surface area (Å²) in [5.41, 5.74) is 1.81. The lowest BCUT2D eigenvalue weighted by atomic mass is 9.95. The summed E-state index contributed by atoms with van der Waals surface area (Å²) in [5.74, 6) is -1.54. The largest absolute Gasteiger partial charge is 0.491 e. The molecule has 8 heteroatoms. The smallest absolute Gasteiger partial charge is 0.326 e. The molecule has 180 valence electrons. The van der Waals surface area contributed by atoms with Gasteiger partial charge in [-0.1, -0.05) is 44.2 Å². The molecule has 0 fully saturated rings. The predicted molar refractivity (Wildman–Crippen MR) is 126 cm³/mol. The van der Waals surface area contributed by atoms with Crippen LogP contribution in [0.1, 0.15) is 54.7 Å². The summed E-state index contributed by atoms with van der Waals surface area (Å²) < 4.78 is 5.77. The molecule has 3 atom stereocenters. The third kappa shape index (κ3) is 5.81. The number of benzene rings is 2. The Kier molecular flexibility index (Phi) is 8.04. The number of hydrogen-bond acceptors (Lipinski definition) is 5. The van der Waals surface area contributed by atoms with Crippen molar-refractivity contribution in [2.24, 2.45) is 5.92 Å². The number of aliphatic carboxylic acids is 1. The van der Waals surface area contributed by atoms with E-state index in [-0.39, 0.29) is 25.4 Å². The lowest BCUT2D eigenvalue weighted by molar-refractivity contribution is -0.155. The highest BCUT2D eigenvalue weighted by Gasteiger charge is 2.42. The molecule has 2 aromatic carbocycles. The molecule has 2 aromatic rings. The molecular formula is C26H30N2O6. The Morgan fingerprint density at radius 3 is 2.47 bits per heavy atom. The predicted octanol–water partition coefficient (Wildman–Crippen LogP) is 3.01. The average Bonchev–Trinajstić information content (AvgIpc) is 3.21. The number of carbonyl (C=O) groups is 4. The first-order chi connectivity index (χ1) is 16.2. The molecule has 1 aliphatic heterocycles. The number of rotatable bonds is 10. The quantitative estimate of drug-likeness (QED) is 0.521. The molecule has 2 amide bonds. The molecule has 8 nitrogen and oxygen atoms in total. The van der Waals surface area contributed by atoms with Crippen LogP contribution in [0.5, 0.6) is 5.75 Å². The molecule has 0 bridgehead atoms. The van der Waals surface area contributed by atoms with E-state index in [1.165, 1.54) is 11.8 Å². The molecule has 0 spiro atoms. The number of nitrogens with one attached hydrogen (secondary N) is 1. The van der Waals surface area contributed by atoms with E-state index in [2.05, 4.69) is 5.32 Å². The summed E-state index contributed by atoms with van der Waals surface area (Å²) >= 11 is 0. The lowest BCUT2D eigenvalue weighted by Crippen LogP contribution is -2.56. The Morgan fingerprint density at radius 2 is 1.88 bits per heavy atom. The van der Waals surface area contributed by atoms with Gasteiger partial charge in [0.05, 0.1) is 6.04 Å². The molecule has 0 saturated heterocycles. The molecule has 0 radical (unpaired) electrons. The SMILES string of the molecule is CC(=O)NC(Cc1ccccc1)C(=O)N([C@@H]1COc2ccc(C=O)cc21)[C@@H](CC(C)C)C(=O)O. The summed E-state index contributed by atoms with van der Waals surface area (Å²) in [6.07, 6.45) is 1.12. The molecule has 1 unspecified atom stereocenters. The second-order valence-corrected chi connectivity index (χ2v) is 8.91. The van der Waals surface area contributed by atoms with Gasteiger partial charge in [-0.25, -0.2) is 4.79 Å². The van der Waals surface area contributed by atoms with Gasteiger partial charge in [0, 0.05) is 24.5 Å². The summed E-state index contributed by atoms with van der Waals surface area (Å²) in [4.78, 5) is 51.1. The van der Waals surface area contributed by atoms with Crippen LogP contribution in [-0.2, 0) is 20.8 Å². The van der Waals surface area contributed by atoms with Gasteiger partial charge in [-0.05, 0) is 36.1 Å². The second kappa shape index (κ2) is 11.0. The zero-order valence-corrected chi connectivity index (χ0v) is 19.6. The van der Waals surface area contributed by atoms with Crippen molar-refractivity contribution in [1.82, 2.24) is 10.2 Å². The van der Waals surface area contributed by atoms with Crippen LogP contribution < -0.4 is 10.1 Å². The van der Waals surface area contributed by atoms with E-state index in [0.29, 0.717) is 23.2 Å². The van der Waals surface area contributed by atoms with Gasteiger partial charge in [-0.3, -0.25) is 14.4 Å². The minimum Gasteiger partial charge on any atom is -0.491 e. The Bertz CT molecular complexity index is 1050. The van der Waals surface area contributed by atoms with Crippen molar-refractivity contribution in [2.75, 3.05) is 6.61 Å². The Hall–Kier alpha value is -3.68. The third-order valence-corrected chi connectivity index (χ3v) is 5.79. The van der Waals surface area contributed by atoms with Crippen molar-refractivity contribution in [2.45, 2.75) is 51.7 Å². The van der Waals surface area contributed by atoms with Gasteiger partial charge in [0.15, 0.2) is 0 Å². The number of amides is 2. The normalized spacial score (nSPS) is 16.2. The molecule has 34 heavy (non-hydrogen) atoms. The van der Waals surface area contributed by atoms with Gasteiger partial charge < -0.3 is 20.1 Å². The number of nitrogens with zero attached hydrogens (tertiary/aromatic N) is 1. The summed E-state index contributed by atoms with van der Waals surface area (Å²) in [5, 5.41) is 12.8. The first-order valence-electron chi connectivity index (χ1n) is 11.3. The number of carbonyl (C=O) groups excluding carboxylic acids is 3. The zero-order chi connectivity index (χ0) is 24.8. The standard InChI is InChI=1S/C26H30N2O6/c1-16(2)11-22(26(32)33)28(23-15-34-24-10-9-19(14-29)12-20(23)24)25(31)21(27-17(3)30)13-18-7-5-4-6-8-18/h4-10,12,14,16,21-23H,11,13,15H2,1-3H3,(H,27,30)(H,32,33)/t21?,22-,23+/m0/s1. The third-order valence-electron chi connectivity index (χ3n) is 5.79. The average molecular weight is 467 g/mol. The van der Waals surface area contributed by atoms with E-state index in [1.54, 1.807) is 18.2 Å². The number of hydrogen-bond donors (Lipinski definition) is 2. The number of fused-ring (bicyclic) bond motifs is 1. The van der Waals surface area contributed by atoms with Crippen molar-refractivity contribution in [1.29, 1.82) is 0 Å². The fourth-order valence-electron chi connectivity index (χ4n) is 4.30. The maximum Gasteiger partial charge on any atom is 0.326 e. The van der Waals surface area contributed by atoms with Gasteiger partial charge in [0.1, 0.15) is 30.7 Å². The topological polar surface area (TPSA) is 113 Å². The molecule has 0 aliphatic carbocycles. The van der Waals surface area contributed by atoms with Crippen LogP contribution in [0.2, 0.25) is 0 Å². The maximum absolute atomic E-state index is 14.0. The summed E-state index contributed by atoms with van der Waals surface area (Å²) in [6.45, 7) is 5.15. The Labute approximate surface area is 198 Å². The number of aldehydes is 1. The fraction of sp³-hybridized carbons (Fsp3) is 0.385. The molecule has 0 saturated carbocycles. The minimum absolute atomic E-state index is 0.00663. The van der Waals surface area contributed by atoms with Crippen LogP contribution in [0.25, 0.3) is 0 Å². The van der Waals surface area contributed by atoms with Crippen LogP contribution in [-0.4, -0.2) is 52.8 Å². The Balaban J connectivity index is 2.07. The maximum atomic E-state index is 14.0. The highest BCUT2D eigenvalue weighted by atomic mass is 16.5. The van der Waals surface area contributed by atoms with Crippen molar-refractivity contribution in [3.05, 3.63) is 65.2 Å². The van der Waals surface area contributed by atoms with Gasteiger partial charge >= 0.3 is 5.97 Å². The van der Waals surface area contributed by atoms with Crippen molar-refractivity contribution < 1.29 is 29.0 Å². The monoisotopic (exact) mass is 466 g/mol. The van der Waals surface area contributed by atoms with E-state index in [1.807, 2.05) is 44.2 Å². The first kappa shape index (κ1) is 25.0. The van der Waals surface area contributed by atoms with E-state index >= 15 is 0 Å². The van der Waals surface area contributed by atoms with Gasteiger partial charge in [0.2, 0.25) is 11.8 Å². The molecule has 1 heterocycles. The molecular weight excluding hydrogens is 436 g/mol. The highest BCUT2D eigenvalue weighted by molar-refractivity contribution is 5.91. The molecule has 2 N–H and O–H groups in total. The van der Waals surface area contributed by atoms with E-state index in [0.717, 1.165) is 5.56 Å². The van der Waals surface area contributed by atoms with E-state index in [9.17, 15) is 24.3 Å². The van der Waals surface area contributed by atoms with E-state index in [4.69, 9.17) is 4.74 Å². The zero-order valence-electron chi connectivity index (χ0n) is 19.6. The Morgan fingerprint density at radius 1 is 1.18 bits per heavy atom. The fourth-order valence-corrected chi connectivity index (χ4v) is 4.30. The first-order valence-corrected chi connectivity index (χ1v) is 11.3. The van der Waals surface area contributed by atoms with Crippen LogP contribution >= 0.6 is 0 Å². The highest BCUT2D eigenvalue weighted by Crippen LogP contribution is 2.39. The van der Waals surface area contributed by atoms with Crippen molar-refractivity contribution in [3.63, 3.8) is 0 Å². The molecule has 1 aliphatic rings. The van der Waals surface area contributed by atoms with Gasteiger partial charge in [0.25, 0.3) is 0 Å². The van der Waals surface area contributed by atoms with Gasteiger partial charge in [-0.15, -0.1) is 0 Å². The summed E-state index contributed by atoms with van der Waals surface area (Å²) in [6, 6.07) is 11.3. The van der Waals surface area contributed by atoms with Crippen molar-refractivity contribution >= 4 is 24.1 Å². The second-order valence-electron chi connectivity index (χ2n) is 8.91. The summed E-state index contributed by atoms with van der Waals surface area (Å²) in [7, 11) is 0. The van der Waals surface area contributed by atoms with Crippen LogP contribution in [0, 0.1) is 5.92 Å². The van der Waals surface area contributed by atoms with E-state index < -0.39 is 35.9 Å². The molecule has 0 aromatic heterocycles.